The smallest absolute Gasteiger partial charge is 0.257 e. The SMILES string of the molecule is Cc1cccc(CN(C)C(=O)c2ccncc2F)n1. The summed E-state index contributed by atoms with van der Waals surface area (Å²) >= 11 is 0. The molecule has 0 atom stereocenters. The standard InChI is InChI=1S/C14H14FN3O/c1-10-4-3-5-11(17-10)9-18(2)14(19)12-6-7-16-8-13(12)15/h3-8H,9H2,1-2H3. The summed E-state index contributed by atoms with van der Waals surface area (Å²) in [4.78, 5) is 21.5. The van der Waals surface area contributed by atoms with Crippen molar-refractivity contribution in [1.29, 1.82) is 0 Å². The van der Waals surface area contributed by atoms with Crippen LogP contribution in [0.15, 0.2) is 36.7 Å². The fraction of sp³-hybridized carbons (Fsp3) is 0.214. The molecule has 0 aliphatic heterocycles. The zero-order chi connectivity index (χ0) is 13.8. The molecular weight excluding hydrogens is 245 g/mol. The Balaban J connectivity index is 2.14. The number of carbonyl (C=O) groups is 1. The van der Waals surface area contributed by atoms with E-state index in [2.05, 4.69) is 9.97 Å². The second-order valence-corrected chi connectivity index (χ2v) is 4.29. The van der Waals surface area contributed by atoms with Gasteiger partial charge in [-0.05, 0) is 25.1 Å². The maximum atomic E-state index is 13.5. The van der Waals surface area contributed by atoms with Crippen LogP contribution in [0.3, 0.4) is 0 Å². The molecule has 5 heteroatoms. The van der Waals surface area contributed by atoms with Crippen molar-refractivity contribution < 1.29 is 9.18 Å². The highest BCUT2D eigenvalue weighted by molar-refractivity contribution is 5.94. The molecule has 2 aromatic heterocycles. The molecule has 0 spiro atoms. The van der Waals surface area contributed by atoms with Crippen molar-refractivity contribution in [2.75, 3.05) is 7.05 Å². The summed E-state index contributed by atoms with van der Waals surface area (Å²) in [6, 6.07) is 6.97. The van der Waals surface area contributed by atoms with Crippen molar-refractivity contribution in [2.24, 2.45) is 0 Å². The first-order valence-electron chi connectivity index (χ1n) is 5.85. The van der Waals surface area contributed by atoms with Crippen LogP contribution in [-0.2, 0) is 6.54 Å². The lowest BCUT2D eigenvalue weighted by atomic mass is 10.2. The average molecular weight is 259 g/mol. The first-order valence-corrected chi connectivity index (χ1v) is 5.85. The van der Waals surface area contributed by atoms with Crippen molar-refractivity contribution in [3.05, 3.63) is 59.4 Å². The molecule has 0 bridgehead atoms. The third-order valence-electron chi connectivity index (χ3n) is 2.69. The third kappa shape index (κ3) is 3.13. The van der Waals surface area contributed by atoms with Crippen LogP contribution in [0.2, 0.25) is 0 Å². The van der Waals surface area contributed by atoms with E-state index in [9.17, 15) is 9.18 Å². The van der Waals surface area contributed by atoms with Crippen LogP contribution >= 0.6 is 0 Å². The Bertz CT molecular complexity index is 601. The predicted octanol–water partition coefficient (Wildman–Crippen LogP) is 2.20. The minimum Gasteiger partial charge on any atom is -0.336 e. The second-order valence-electron chi connectivity index (χ2n) is 4.29. The molecule has 2 rings (SSSR count). The van der Waals surface area contributed by atoms with Gasteiger partial charge in [0.15, 0.2) is 5.82 Å². The van der Waals surface area contributed by atoms with Crippen LogP contribution in [0.1, 0.15) is 21.7 Å². The molecule has 0 radical (unpaired) electrons. The number of aryl methyl sites for hydroxylation is 1. The maximum Gasteiger partial charge on any atom is 0.257 e. The van der Waals surface area contributed by atoms with E-state index in [-0.39, 0.29) is 11.5 Å². The van der Waals surface area contributed by atoms with Crippen LogP contribution < -0.4 is 0 Å². The molecule has 0 saturated carbocycles. The van der Waals surface area contributed by atoms with Gasteiger partial charge in [-0.15, -0.1) is 0 Å². The van der Waals surface area contributed by atoms with Gasteiger partial charge in [0.2, 0.25) is 0 Å². The van der Waals surface area contributed by atoms with Crippen molar-refractivity contribution in [2.45, 2.75) is 13.5 Å². The van der Waals surface area contributed by atoms with Gasteiger partial charge in [0.05, 0.1) is 24.0 Å². The summed E-state index contributed by atoms with van der Waals surface area (Å²) in [6.07, 6.45) is 2.43. The van der Waals surface area contributed by atoms with E-state index in [4.69, 9.17) is 0 Å². The lowest BCUT2D eigenvalue weighted by Gasteiger charge is -2.17. The number of hydrogen-bond acceptors (Lipinski definition) is 3. The number of aromatic nitrogens is 2. The summed E-state index contributed by atoms with van der Waals surface area (Å²) in [7, 11) is 1.62. The van der Waals surface area contributed by atoms with Crippen molar-refractivity contribution in [1.82, 2.24) is 14.9 Å². The molecule has 98 valence electrons. The number of rotatable bonds is 3. The van der Waals surface area contributed by atoms with Crippen LogP contribution in [0.25, 0.3) is 0 Å². The summed E-state index contributed by atoms with van der Waals surface area (Å²) in [5.41, 5.74) is 1.67. The van der Waals surface area contributed by atoms with Crippen LogP contribution in [0.5, 0.6) is 0 Å². The van der Waals surface area contributed by atoms with Crippen molar-refractivity contribution in [3.63, 3.8) is 0 Å². The lowest BCUT2D eigenvalue weighted by Crippen LogP contribution is -2.27. The quantitative estimate of drug-likeness (QED) is 0.848. The van der Waals surface area contributed by atoms with Gasteiger partial charge in [-0.3, -0.25) is 14.8 Å². The normalized spacial score (nSPS) is 10.3. The Labute approximate surface area is 110 Å². The largest absolute Gasteiger partial charge is 0.336 e. The molecular formula is C14H14FN3O. The highest BCUT2D eigenvalue weighted by Crippen LogP contribution is 2.10. The zero-order valence-electron chi connectivity index (χ0n) is 10.8. The number of amides is 1. The Kier molecular flexibility index (Phi) is 3.85. The van der Waals surface area contributed by atoms with Gasteiger partial charge in [-0.2, -0.15) is 0 Å². The van der Waals surface area contributed by atoms with Crippen molar-refractivity contribution >= 4 is 5.91 Å². The van der Waals surface area contributed by atoms with E-state index >= 15 is 0 Å². The van der Waals surface area contributed by atoms with Gasteiger partial charge in [0.1, 0.15) is 0 Å². The van der Waals surface area contributed by atoms with E-state index in [1.165, 1.54) is 17.2 Å². The molecule has 0 unspecified atom stereocenters. The van der Waals surface area contributed by atoms with Gasteiger partial charge in [0, 0.05) is 18.9 Å². The predicted molar refractivity (Wildman–Crippen MR) is 69.0 cm³/mol. The van der Waals surface area contributed by atoms with E-state index in [1.807, 2.05) is 25.1 Å². The number of hydrogen-bond donors (Lipinski definition) is 0. The fourth-order valence-electron chi connectivity index (χ4n) is 1.76. The first-order chi connectivity index (χ1) is 9.08. The zero-order valence-corrected chi connectivity index (χ0v) is 10.8. The topological polar surface area (TPSA) is 46.1 Å². The molecule has 0 aliphatic carbocycles. The maximum absolute atomic E-state index is 13.5. The number of pyridine rings is 2. The van der Waals surface area contributed by atoms with Crippen LogP contribution in [0, 0.1) is 12.7 Å². The number of carbonyl (C=O) groups excluding carboxylic acids is 1. The van der Waals surface area contributed by atoms with Crippen LogP contribution in [0.4, 0.5) is 4.39 Å². The molecule has 0 aliphatic rings. The lowest BCUT2D eigenvalue weighted by molar-refractivity contribution is 0.0778. The summed E-state index contributed by atoms with van der Waals surface area (Å²) < 4.78 is 13.5. The Morgan fingerprint density at radius 2 is 2.16 bits per heavy atom. The third-order valence-corrected chi connectivity index (χ3v) is 2.69. The second kappa shape index (κ2) is 5.56. The number of halogens is 1. The number of nitrogens with zero attached hydrogens (tertiary/aromatic N) is 3. The monoisotopic (exact) mass is 259 g/mol. The molecule has 2 aromatic rings. The summed E-state index contributed by atoms with van der Waals surface area (Å²) in [5.74, 6) is -1.00. The summed E-state index contributed by atoms with van der Waals surface area (Å²) in [5, 5.41) is 0. The Morgan fingerprint density at radius 3 is 2.84 bits per heavy atom. The molecule has 0 N–H and O–H groups in total. The van der Waals surface area contributed by atoms with Gasteiger partial charge in [-0.25, -0.2) is 4.39 Å². The average Bonchev–Trinajstić information content (AvgIpc) is 2.38. The Morgan fingerprint density at radius 1 is 1.37 bits per heavy atom. The van der Waals surface area contributed by atoms with Crippen LogP contribution in [-0.4, -0.2) is 27.8 Å². The molecule has 19 heavy (non-hydrogen) atoms. The summed E-state index contributed by atoms with van der Waals surface area (Å²) in [6.45, 7) is 2.22. The van der Waals surface area contributed by atoms with E-state index in [1.54, 1.807) is 7.05 Å². The first kappa shape index (κ1) is 13.1. The minimum absolute atomic E-state index is 0.0187. The van der Waals surface area contributed by atoms with E-state index in [0.29, 0.717) is 6.54 Å². The molecule has 0 fully saturated rings. The minimum atomic E-state index is -0.614. The molecule has 4 nitrogen and oxygen atoms in total. The molecule has 0 aromatic carbocycles. The Hall–Kier alpha value is -2.30. The van der Waals surface area contributed by atoms with Gasteiger partial charge in [-0.1, -0.05) is 6.07 Å². The highest BCUT2D eigenvalue weighted by atomic mass is 19.1. The van der Waals surface area contributed by atoms with Crippen molar-refractivity contribution in [3.8, 4) is 0 Å². The van der Waals surface area contributed by atoms with E-state index in [0.717, 1.165) is 17.6 Å². The fourth-order valence-corrected chi connectivity index (χ4v) is 1.76. The molecule has 2 heterocycles. The van der Waals surface area contributed by atoms with Gasteiger partial charge < -0.3 is 4.90 Å². The highest BCUT2D eigenvalue weighted by Gasteiger charge is 2.16. The molecule has 0 saturated heterocycles. The van der Waals surface area contributed by atoms with E-state index < -0.39 is 5.82 Å². The van der Waals surface area contributed by atoms with Gasteiger partial charge in [0.25, 0.3) is 5.91 Å². The van der Waals surface area contributed by atoms with Gasteiger partial charge >= 0.3 is 0 Å². The molecule has 1 amide bonds.